The Morgan fingerprint density at radius 2 is 2.38 bits per heavy atom. The van der Waals surface area contributed by atoms with Crippen molar-refractivity contribution in [1.29, 1.82) is 0 Å². The number of hydrogen-bond acceptors (Lipinski definition) is 4. The van der Waals surface area contributed by atoms with E-state index >= 15 is 0 Å². The van der Waals surface area contributed by atoms with Crippen LogP contribution in [-0.4, -0.2) is 15.0 Å². The van der Waals surface area contributed by atoms with Gasteiger partial charge in [-0.05, 0) is 0 Å². The molecule has 0 amide bonds. The highest BCUT2D eigenvalue weighted by atomic mass is 16.3. The molecule has 0 saturated heterocycles. The van der Waals surface area contributed by atoms with Crippen LogP contribution in [0.15, 0.2) is 6.20 Å². The molecule has 0 aromatic carbocycles. The summed E-state index contributed by atoms with van der Waals surface area (Å²) in [6.07, 6.45) is 1.22. The van der Waals surface area contributed by atoms with Crippen LogP contribution in [0.4, 0.5) is 5.82 Å². The van der Waals surface area contributed by atoms with Gasteiger partial charge in [-0.3, -0.25) is 0 Å². The van der Waals surface area contributed by atoms with Gasteiger partial charge in [0.2, 0.25) is 0 Å². The minimum atomic E-state index is -0.0903. The SMILES string of the molecule is Nc1nn(N)cc1O. The minimum absolute atomic E-state index is 0.0486. The van der Waals surface area contributed by atoms with E-state index in [1.54, 1.807) is 0 Å². The Bertz CT molecular complexity index is 174. The number of nitrogen functional groups attached to an aromatic ring is 2. The Morgan fingerprint density at radius 1 is 1.75 bits per heavy atom. The number of nitrogens with two attached hydrogens (primary N) is 2. The van der Waals surface area contributed by atoms with E-state index in [0.717, 1.165) is 4.79 Å². The molecule has 5 N–H and O–H groups in total. The molecule has 1 heterocycles. The van der Waals surface area contributed by atoms with Crippen molar-refractivity contribution in [2.24, 2.45) is 0 Å². The van der Waals surface area contributed by atoms with E-state index in [9.17, 15) is 0 Å². The first-order valence-corrected chi connectivity index (χ1v) is 1.99. The summed E-state index contributed by atoms with van der Waals surface area (Å²) in [5.74, 6) is 5.00. The van der Waals surface area contributed by atoms with Crippen LogP contribution < -0.4 is 11.6 Å². The molecule has 8 heavy (non-hydrogen) atoms. The van der Waals surface area contributed by atoms with Crippen LogP contribution in [-0.2, 0) is 0 Å². The fourth-order valence-corrected chi connectivity index (χ4v) is 0.396. The maximum absolute atomic E-state index is 8.65. The molecule has 0 aliphatic carbocycles. The summed E-state index contributed by atoms with van der Waals surface area (Å²) in [6.45, 7) is 0. The molecular formula is C3H6N4O. The van der Waals surface area contributed by atoms with E-state index in [1.165, 1.54) is 6.20 Å². The quantitative estimate of drug-likeness (QED) is 0.373. The Balaban J connectivity index is 3.14. The molecule has 0 spiro atoms. The van der Waals surface area contributed by atoms with Crippen LogP contribution in [0, 0.1) is 0 Å². The van der Waals surface area contributed by atoms with E-state index < -0.39 is 0 Å². The summed E-state index contributed by atoms with van der Waals surface area (Å²) < 4.78 is 0. The van der Waals surface area contributed by atoms with Crippen LogP contribution in [0.3, 0.4) is 0 Å². The predicted molar refractivity (Wildman–Crippen MR) is 28.5 cm³/mol. The highest BCUT2D eigenvalue weighted by Gasteiger charge is 1.97. The smallest absolute Gasteiger partial charge is 0.189 e. The molecule has 1 aromatic rings. The monoisotopic (exact) mass is 114 g/mol. The fraction of sp³-hybridized carbons (Fsp3) is 0. The van der Waals surface area contributed by atoms with Crippen molar-refractivity contribution in [3.05, 3.63) is 6.20 Å². The van der Waals surface area contributed by atoms with E-state index in [0.29, 0.717) is 0 Å². The lowest BCUT2D eigenvalue weighted by atomic mass is 10.6. The minimum Gasteiger partial charge on any atom is -0.503 e. The van der Waals surface area contributed by atoms with Crippen LogP contribution in [0.5, 0.6) is 5.75 Å². The third kappa shape index (κ3) is 0.534. The molecule has 1 aromatic heterocycles. The van der Waals surface area contributed by atoms with E-state index in [2.05, 4.69) is 5.10 Å². The number of rotatable bonds is 0. The Hall–Kier alpha value is -1.39. The van der Waals surface area contributed by atoms with Gasteiger partial charge in [-0.1, -0.05) is 0 Å². The molecule has 5 heteroatoms. The molecule has 5 nitrogen and oxygen atoms in total. The third-order valence-corrected chi connectivity index (χ3v) is 0.740. The van der Waals surface area contributed by atoms with Gasteiger partial charge in [0.15, 0.2) is 11.6 Å². The first-order valence-electron chi connectivity index (χ1n) is 1.99. The van der Waals surface area contributed by atoms with Gasteiger partial charge in [0, 0.05) is 0 Å². The lowest BCUT2D eigenvalue weighted by Crippen LogP contribution is -2.08. The van der Waals surface area contributed by atoms with E-state index in [1.807, 2.05) is 0 Å². The van der Waals surface area contributed by atoms with E-state index in [-0.39, 0.29) is 11.6 Å². The zero-order valence-electron chi connectivity index (χ0n) is 4.07. The largest absolute Gasteiger partial charge is 0.503 e. The second-order valence-electron chi connectivity index (χ2n) is 1.38. The molecule has 0 aliphatic rings. The number of anilines is 1. The van der Waals surface area contributed by atoms with Crippen molar-refractivity contribution in [3.8, 4) is 5.75 Å². The fourth-order valence-electron chi connectivity index (χ4n) is 0.396. The summed E-state index contributed by atoms with van der Waals surface area (Å²) in [6, 6.07) is 0. The molecule has 0 fully saturated rings. The number of nitrogens with zero attached hydrogens (tertiary/aromatic N) is 2. The number of aromatic hydroxyl groups is 1. The van der Waals surface area contributed by atoms with Crippen molar-refractivity contribution in [2.75, 3.05) is 11.6 Å². The number of aromatic nitrogens is 2. The zero-order valence-corrected chi connectivity index (χ0v) is 4.07. The van der Waals surface area contributed by atoms with Crippen LogP contribution in [0.2, 0.25) is 0 Å². The molecular weight excluding hydrogens is 108 g/mol. The summed E-state index contributed by atoms with van der Waals surface area (Å²) in [7, 11) is 0. The van der Waals surface area contributed by atoms with Crippen LogP contribution in [0.25, 0.3) is 0 Å². The first-order chi connectivity index (χ1) is 3.70. The molecule has 0 aliphatic heterocycles. The maximum atomic E-state index is 8.65. The van der Waals surface area contributed by atoms with Gasteiger partial charge >= 0.3 is 0 Å². The van der Waals surface area contributed by atoms with Gasteiger partial charge in [0.1, 0.15) is 0 Å². The van der Waals surface area contributed by atoms with Gasteiger partial charge in [0.05, 0.1) is 6.20 Å². The zero-order chi connectivity index (χ0) is 6.15. The molecule has 0 bridgehead atoms. The average Bonchev–Trinajstić information content (AvgIpc) is 1.85. The maximum Gasteiger partial charge on any atom is 0.189 e. The molecule has 0 atom stereocenters. The summed E-state index contributed by atoms with van der Waals surface area (Å²) in [4.78, 5) is 0.949. The Kier molecular flexibility index (Phi) is 0.768. The highest BCUT2D eigenvalue weighted by Crippen LogP contribution is 2.13. The lowest BCUT2D eigenvalue weighted by Gasteiger charge is -1.80. The summed E-state index contributed by atoms with van der Waals surface area (Å²) in [5, 5.41) is 12.1. The third-order valence-electron chi connectivity index (χ3n) is 0.740. The van der Waals surface area contributed by atoms with Gasteiger partial charge < -0.3 is 16.7 Å². The molecule has 1 rings (SSSR count). The number of hydrogen-bond donors (Lipinski definition) is 3. The van der Waals surface area contributed by atoms with Crippen molar-refractivity contribution >= 4 is 5.82 Å². The predicted octanol–water partition coefficient (Wildman–Crippen LogP) is -1.12. The second-order valence-corrected chi connectivity index (χ2v) is 1.38. The summed E-state index contributed by atoms with van der Waals surface area (Å²) >= 11 is 0. The van der Waals surface area contributed by atoms with Crippen molar-refractivity contribution in [2.45, 2.75) is 0 Å². The van der Waals surface area contributed by atoms with Crippen LogP contribution in [0.1, 0.15) is 0 Å². The van der Waals surface area contributed by atoms with Gasteiger partial charge in [-0.15, -0.1) is 5.10 Å². The van der Waals surface area contributed by atoms with Crippen molar-refractivity contribution in [3.63, 3.8) is 0 Å². The molecule has 0 unspecified atom stereocenters. The normalized spacial score (nSPS) is 9.50. The van der Waals surface area contributed by atoms with Gasteiger partial charge in [-0.25, -0.2) is 0 Å². The van der Waals surface area contributed by atoms with E-state index in [4.69, 9.17) is 16.7 Å². The van der Waals surface area contributed by atoms with Gasteiger partial charge in [0.25, 0.3) is 0 Å². The molecule has 44 valence electrons. The average molecular weight is 114 g/mol. The lowest BCUT2D eigenvalue weighted by molar-refractivity contribution is 0.477. The molecule has 0 radical (unpaired) electrons. The Morgan fingerprint density at radius 3 is 2.50 bits per heavy atom. The summed E-state index contributed by atoms with van der Waals surface area (Å²) in [5.41, 5.74) is 5.08. The molecule has 0 saturated carbocycles. The standard InChI is InChI=1S/C3H6N4O/c4-3-2(8)1-7(5)6-3/h1,8H,5H2,(H2,4,6). The highest BCUT2D eigenvalue weighted by molar-refractivity contribution is 5.42. The Labute approximate surface area is 45.5 Å². The second kappa shape index (κ2) is 1.29. The van der Waals surface area contributed by atoms with Crippen molar-refractivity contribution in [1.82, 2.24) is 9.89 Å². The van der Waals surface area contributed by atoms with Crippen molar-refractivity contribution < 1.29 is 5.11 Å². The van der Waals surface area contributed by atoms with Crippen LogP contribution >= 0.6 is 0 Å². The first kappa shape index (κ1) is 4.76. The topological polar surface area (TPSA) is 90.1 Å². The van der Waals surface area contributed by atoms with Gasteiger partial charge in [-0.2, -0.15) is 4.79 Å².